The van der Waals surface area contributed by atoms with Crippen LogP contribution in [0.25, 0.3) is 101 Å². The summed E-state index contributed by atoms with van der Waals surface area (Å²) >= 11 is 3.73. The number of aromatic nitrogens is 1. The molecule has 0 fully saturated rings. The highest BCUT2D eigenvalue weighted by molar-refractivity contribution is 7.26. The monoisotopic (exact) mass is 709 g/mol. The minimum Gasteiger partial charge on any atom is -0.316 e. The van der Waals surface area contributed by atoms with Gasteiger partial charge in [0.1, 0.15) is 0 Å². The molecule has 53 heavy (non-hydrogen) atoms. The van der Waals surface area contributed by atoms with Crippen LogP contribution in [0.15, 0.2) is 188 Å². The van der Waals surface area contributed by atoms with Crippen molar-refractivity contribution < 1.29 is 0 Å². The average molecular weight is 710 g/mol. The Balaban J connectivity index is 1.16. The fourth-order valence-electron chi connectivity index (χ4n) is 8.00. The first kappa shape index (κ1) is 30.4. The van der Waals surface area contributed by atoms with Crippen LogP contribution >= 0.6 is 22.7 Å². The maximum Gasteiger partial charge on any atom is 0.0535 e. The third-order valence-corrected chi connectivity index (χ3v) is 12.9. The van der Waals surface area contributed by atoms with Crippen LogP contribution in [-0.4, -0.2) is 4.57 Å². The van der Waals surface area contributed by atoms with Crippen molar-refractivity contribution in [1.29, 1.82) is 0 Å². The molecule has 0 atom stereocenters. The zero-order chi connectivity index (χ0) is 34.9. The summed E-state index contributed by atoms with van der Waals surface area (Å²) < 4.78 is 7.69. The summed E-state index contributed by atoms with van der Waals surface area (Å²) in [7, 11) is 0. The normalized spacial score (nSPS) is 11.8. The number of rotatable bonds is 5. The summed E-state index contributed by atoms with van der Waals surface area (Å²) in [6, 6.07) is 67.0. The largest absolute Gasteiger partial charge is 0.316 e. The van der Waals surface area contributed by atoms with E-state index in [0.717, 1.165) is 5.69 Å². The van der Waals surface area contributed by atoms with Gasteiger partial charge < -0.3 is 4.57 Å². The molecule has 11 aromatic rings. The molecular weight excluding hydrogens is 679 g/mol. The molecule has 0 spiro atoms. The highest BCUT2D eigenvalue weighted by Crippen LogP contribution is 2.42. The second-order valence-corrected chi connectivity index (χ2v) is 15.9. The van der Waals surface area contributed by atoms with Gasteiger partial charge in [-0.3, -0.25) is 0 Å². The second-order valence-electron chi connectivity index (χ2n) is 13.8. The highest BCUT2D eigenvalue weighted by Gasteiger charge is 2.17. The van der Waals surface area contributed by atoms with Crippen LogP contribution in [0.1, 0.15) is 0 Å². The Kier molecular flexibility index (Phi) is 6.97. The van der Waals surface area contributed by atoms with Crippen molar-refractivity contribution in [1.82, 2.24) is 4.57 Å². The Hall–Kier alpha value is -6.26. The first-order valence-electron chi connectivity index (χ1n) is 18.0. The van der Waals surface area contributed by atoms with Gasteiger partial charge in [0, 0.05) is 63.2 Å². The third kappa shape index (κ3) is 5.12. The summed E-state index contributed by atoms with van der Waals surface area (Å²) in [5, 5.41) is 6.50. The van der Waals surface area contributed by atoms with E-state index in [9.17, 15) is 0 Å². The van der Waals surface area contributed by atoms with Crippen molar-refractivity contribution in [3.05, 3.63) is 188 Å². The van der Waals surface area contributed by atoms with E-state index in [0.29, 0.717) is 0 Å². The number of nitrogens with zero attached hydrogens (tertiary/aromatic N) is 1. The van der Waals surface area contributed by atoms with Crippen molar-refractivity contribution >= 4 is 73.9 Å². The van der Waals surface area contributed by atoms with Gasteiger partial charge in [-0.1, -0.05) is 115 Å². The van der Waals surface area contributed by atoms with Gasteiger partial charge in [0.15, 0.2) is 0 Å². The number of fused-ring (bicyclic) bond motifs is 7. The van der Waals surface area contributed by atoms with Crippen LogP contribution < -0.4 is 0 Å². The Morgan fingerprint density at radius 3 is 1.38 bits per heavy atom. The molecular formula is C50H31NS2. The molecule has 0 bridgehead atoms. The van der Waals surface area contributed by atoms with Gasteiger partial charge in [0.2, 0.25) is 0 Å². The number of hydrogen-bond acceptors (Lipinski definition) is 2. The molecule has 0 aliphatic rings. The van der Waals surface area contributed by atoms with E-state index >= 15 is 0 Å². The van der Waals surface area contributed by atoms with Crippen LogP contribution in [-0.2, 0) is 0 Å². The summed E-state index contributed by atoms with van der Waals surface area (Å²) in [6.07, 6.45) is 2.34. The lowest BCUT2D eigenvalue weighted by Crippen LogP contribution is -1.94. The van der Waals surface area contributed by atoms with Crippen molar-refractivity contribution in [3.8, 4) is 50.2 Å². The highest BCUT2D eigenvalue weighted by atomic mass is 32.1. The van der Waals surface area contributed by atoms with Crippen molar-refractivity contribution in [2.45, 2.75) is 0 Å². The SMILES string of the molecule is c1ccc(-c2ccc3c(c2)c(-c2ccccc2)cn3-c2cc(-c3ccc4sc5ccccc5c4c3)cc(-c3ccc4sc5ccccc5c4c3)c2)cc1. The van der Waals surface area contributed by atoms with E-state index in [4.69, 9.17) is 0 Å². The number of benzene rings is 8. The second kappa shape index (κ2) is 12.2. The Bertz CT molecular complexity index is 3030. The van der Waals surface area contributed by atoms with Crippen LogP contribution in [0, 0.1) is 0 Å². The minimum absolute atomic E-state index is 1.14. The molecule has 1 nitrogen and oxygen atoms in total. The molecule has 3 heteroatoms. The molecule has 0 saturated carbocycles. The van der Waals surface area contributed by atoms with E-state index in [1.165, 1.54) is 95.8 Å². The van der Waals surface area contributed by atoms with Gasteiger partial charge in [-0.2, -0.15) is 0 Å². The lowest BCUT2D eigenvalue weighted by molar-refractivity contribution is 1.13. The summed E-state index contributed by atoms with van der Waals surface area (Å²) in [5.74, 6) is 0. The molecule has 0 amide bonds. The van der Waals surface area contributed by atoms with Crippen molar-refractivity contribution in [3.63, 3.8) is 0 Å². The van der Waals surface area contributed by atoms with Gasteiger partial charge in [-0.25, -0.2) is 0 Å². The molecule has 8 aromatic carbocycles. The van der Waals surface area contributed by atoms with Gasteiger partial charge in [0.25, 0.3) is 0 Å². The van der Waals surface area contributed by atoms with Gasteiger partial charge >= 0.3 is 0 Å². The predicted octanol–water partition coefficient (Wildman–Crippen LogP) is 15.0. The van der Waals surface area contributed by atoms with Crippen LogP contribution in [0.3, 0.4) is 0 Å². The quantitative estimate of drug-likeness (QED) is 0.168. The summed E-state index contributed by atoms with van der Waals surface area (Å²) in [6.45, 7) is 0. The maximum atomic E-state index is 2.40. The van der Waals surface area contributed by atoms with Crippen LogP contribution in [0.5, 0.6) is 0 Å². The van der Waals surface area contributed by atoms with E-state index in [1.54, 1.807) is 0 Å². The molecule has 0 radical (unpaired) electrons. The summed E-state index contributed by atoms with van der Waals surface area (Å²) in [4.78, 5) is 0. The molecule has 11 rings (SSSR count). The number of thiophene rings is 2. The molecule has 0 saturated heterocycles. The lowest BCUT2D eigenvalue weighted by Gasteiger charge is -2.14. The number of hydrogen-bond donors (Lipinski definition) is 0. The first-order chi connectivity index (χ1) is 26.2. The van der Waals surface area contributed by atoms with E-state index in [-0.39, 0.29) is 0 Å². The van der Waals surface area contributed by atoms with E-state index < -0.39 is 0 Å². The fraction of sp³-hybridized carbons (Fsp3) is 0. The van der Waals surface area contributed by atoms with Gasteiger partial charge in [-0.15, -0.1) is 22.7 Å². The molecule has 0 N–H and O–H groups in total. The molecule has 248 valence electrons. The third-order valence-electron chi connectivity index (χ3n) is 10.6. The topological polar surface area (TPSA) is 4.93 Å². The van der Waals surface area contributed by atoms with Crippen molar-refractivity contribution in [2.75, 3.05) is 0 Å². The molecule has 0 unspecified atom stereocenters. The average Bonchev–Trinajstić information content (AvgIpc) is 3.92. The molecule has 3 aromatic heterocycles. The molecule has 0 aliphatic carbocycles. The summed E-state index contributed by atoms with van der Waals surface area (Å²) in [5.41, 5.74) is 12.0. The zero-order valence-electron chi connectivity index (χ0n) is 28.7. The molecule has 0 aliphatic heterocycles. The molecule has 3 heterocycles. The Morgan fingerprint density at radius 2 is 0.774 bits per heavy atom. The minimum atomic E-state index is 1.14. The standard InChI is InChI=1S/C50H31NS2/c1-3-11-32(12-4-1)34-19-22-46-42(28-34)45(33-13-5-2-6-14-33)31-51(46)39-26-37(35-20-23-49-43(29-35)40-15-7-9-17-47(40)52-49)25-38(27-39)36-21-24-50-44(30-36)41-16-8-10-18-48(41)53-50/h1-31H. The van der Waals surface area contributed by atoms with Gasteiger partial charge in [-0.05, 0) is 106 Å². The Morgan fingerprint density at radius 1 is 0.302 bits per heavy atom. The van der Waals surface area contributed by atoms with Crippen molar-refractivity contribution in [2.24, 2.45) is 0 Å². The first-order valence-corrected chi connectivity index (χ1v) is 19.6. The predicted molar refractivity (Wildman–Crippen MR) is 231 cm³/mol. The van der Waals surface area contributed by atoms with Crippen LogP contribution in [0.2, 0.25) is 0 Å². The lowest BCUT2D eigenvalue weighted by atomic mass is 9.96. The maximum absolute atomic E-state index is 2.40. The Labute approximate surface area is 315 Å². The van der Waals surface area contributed by atoms with E-state index in [2.05, 4.69) is 193 Å². The zero-order valence-corrected chi connectivity index (χ0v) is 30.3. The van der Waals surface area contributed by atoms with Crippen LogP contribution in [0.4, 0.5) is 0 Å². The fourth-order valence-corrected chi connectivity index (χ4v) is 10.2. The van der Waals surface area contributed by atoms with Gasteiger partial charge in [0.05, 0.1) is 5.52 Å². The van der Waals surface area contributed by atoms with E-state index in [1.807, 2.05) is 22.7 Å². The smallest absolute Gasteiger partial charge is 0.0535 e.